The van der Waals surface area contributed by atoms with E-state index in [1.807, 2.05) is 0 Å². The molecule has 0 saturated heterocycles. The molecule has 3 rings (SSSR count). The summed E-state index contributed by atoms with van der Waals surface area (Å²) in [5, 5.41) is 8.04. The molecule has 1 fully saturated rings. The number of nitrogen functional groups attached to an aromatic ring is 1. The Morgan fingerprint density at radius 1 is 1.28 bits per heavy atom. The molecule has 2 N–H and O–H groups in total. The van der Waals surface area contributed by atoms with Crippen LogP contribution in [0.15, 0.2) is 12.4 Å². The fourth-order valence-electron chi connectivity index (χ4n) is 2.44. The van der Waals surface area contributed by atoms with E-state index in [1.54, 1.807) is 16.8 Å². The molecule has 1 saturated carbocycles. The molecule has 5 nitrogen and oxygen atoms in total. The lowest BCUT2D eigenvalue weighted by molar-refractivity contribution is -0.0388. The van der Waals surface area contributed by atoms with Crippen LogP contribution in [0.25, 0.3) is 5.65 Å². The highest BCUT2D eigenvalue weighted by Crippen LogP contribution is 2.40. The first-order valence-electron chi connectivity index (χ1n) is 5.90. The van der Waals surface area contributed by atoms with Gasteiger partial charge in [0.2, 0.25) is 11.6 Å². The third kappa shape index (κ3) is 1.79. The number of alkyl halides is 2. The van der Waals surface area contributed by atoms with Crippen molar-refractivity contribution in [1.82, 2.24) is 19.6 Å². The van der Waals surface area contributed by atoms with Crippen LogP contribution in [-0.2, 0) is 0 Å². The molecule has 96 valence electrons. The van der Waals surface area contributed by atoms with Crippen LogP contribution in [-0.4, -0.2) is 25.5 Å². The van der Waals surface area contributed by atoms with Crippen LogP contribution in [0.5, 0.6) is 0 Å². The quantitative estimate of drug-likeness (QED) is 0.843. The van der Waals surface area contributed by atoms with Gasteiger partial charge in [-0.05, 0) is 12.8 Å². The SMILES string of the molecule is Nc1nccn2c(C3CCC(F)(F)CC3)nnc12. The number of aromatic nitrogens is 4. The van der Waals surface area contributed by atoms with Crippen molar-refractivity contribution in [2.24, 2.45) is 0 Å². The molecule has 0 bridgehead atoms. The first-order chi connectivity index (χ1) is 8.57. The van der Waals surface area contributed by atoms with Gasteiger partial charge in [0.05, 0.1) is 0 Å². The van der Waals surface area contributed by atoms with Crippen LogP contribution in [0.1, 0.15) is 37.4 Å². The average Bonchev–Trinajstić information content (AvgIpc) is 2.74. The summed E-state index contributed by atoms with van der Waals surface area (Å²) < 4.78 is 28.0. The third-order valence-electron chi connectivity index (χ3n) is 3.46. The maximum atomic E-state index is 13.1. The number of hydrogen-bond donors (Lipinski definition) is 1. The fraction of sp³-hybridized carbons (Fsp3) is 0.545. The van der Waals surface area contributed by atoms with Gasteiger partial charge in [-0.1, -0.05) is 0 Å². The fourth-order valence-corrected chi connectivity index (χ4v) is 2.44. The van der Waals surface area contributed by atoms with Gasteiger partial charge < -0.3 is 5.73 Å². The van der Waals surface area contributed by atoms with Gasteiger partial charge in [0.1, 0.15) is 5.82 Å². The third-order valence-corrected chi connectivity index (χ3v) is 3.46. The lowest BCUT2D eigenvalue weighted by Gasteiger charge is -2.27. The molecule has 0 amide bonds. The summed E-state index contributed by atoms with van der Waals surface area (Å²) in [6.45, 7) is 0. The molecule has 7 heteroatoms. The van der Waals surface area contributed by atoms with Crippen LogP contribution in [0.2, 0.25) is 0 Å². The van der Waals surface area contributed by atoms with Gasteiger partial charge in [-0.15, -0.1) is 10.2 Å². The van der Waals surface area contributed by atoms with Crippen molar-refractivity contribution in [3.8, 4) is 0 Å². The summed E-state index contributed by atoms with van der Waals surface area (Å²) in [7, 11) is 0. The van der Waals surface area contributed by atoms with Gasteiger partial charge in [-0.25, -0.2) is 13.8 Å². The predicted molar refractivity (Wildman–Crippen MR) is 61.4 cm³/mol. The van der Waals surface area contributed by atoms with Crippen molar-refractivity contribution < 1.29 is 8.78 Å². The molecule has 2 aromatic rings. The average molecular weight is 253 g/mol. The van der Waals surface area contributed by atoms with Crippen LogP contribution >= 0.6 is 0 Å². The molecule has 18 heavy (non-hydrogen) atoms. The zero-order valence-corrected chi connectivity index (χ0v) is 9.68. The van der Waals surface area contributed by atoms with Crippen molar-refractivity contribution in [3.63, 3.8) is 0 Å². The van der Waals surface area contributed by atoms with Crippen molar-refractivity contribution in [2.45, 2.75) is 37.5 Å². The van der Waals surface area contributed by atoms with E-state index in [2.05, 4.69) is 15.2 Å². The van der Waals surface area contributed by atoms with Gasteiger partial charge in [-0.2, -0.15) is 0 Å². The van der Waals surface area contributed by atoms with E-state index in [4.69, 9.17) is 5.73 Å². The highest BCUT2D eigenvalue weighted by molar-refractivity contribution is 5.58. The molecule has 0 atom stereocenters. The Kier molecular flexibility index (Phi) is 2.42. The molecule has 0 unspecified atom stereocenters. The standard InChI is InChI=1S/C11H13F2N5/c12-11(13)3-1-7(2-4-11)9-16-17-10-8(14)15-5-6-18(9)10/h5-7H,1-4H2,(H2,14,15). The molecule has 1 aliphatic carbocycles. The number of hydrogen-bond acceptors (Lipinski definition) is 4. The van der Waals surface area contributed by atoms with E-state index in [1.165, 1.54) is 0 Å². The van der Waals surface area contributed by atoms with Gasteiger partial charge in [0.15, 0.2) is 5.82 Å². The Morgan fingerprint density at radius 3 is 2.72 bits per heavy atom. The van der Waals surface area contributed by atoms with Crippen LogP contribution in [0.4, 0.5) is 14.6 Å². The monoisotopic (exact) mass is 253 g/mol. The Bertz CT molecular complexity index is 570. The van der Waals surface area contributed by atoms with Crippen molar-refractivity contribution in [1.29, 1.82) is 0 Å². The Hall–Kier alpha value is -1.79. The predicted octanol–water partition coefficient (Wildman–Crippen LogP) is 2.00. The highest BCUT2D eigenvalue weighted by atomic mass is 19.3. The van der Waals surface area contributed by atoms with E-state index >= 15 is 0 Å². The van der Waals surface area contributed by atoms with E-state index in [0.29, 0.717) is 30.1 Å². The minimum absolute atomic E-state index is 0.0152. The number of rotatable bonds is 1. The smallest absolute Gasteiger partial charge is 0.248 e. The second-order valence-corrected chi connectivity index (χ2v) is 4.69. The summed E-state index contributed by atoms with van der Waals surface area (Å²) in [6.07, 6.45) is 3.95. The molecule has 1 aliphatic rings. The van der Waals surface area contributed by atoms with Crippen molar-refractivity contribution in [2.75, 3.05) is 5.73 Å². The van der Waals surface area contributed by atoms with Crippen LogP contribution in [0, 0.1) is 0 Å². The Labute approximate surface area is 102 Å². The molecular weight excluding hydrogens is 240 g/mol. The Morgan fingerprint density at radius 2 is 2.00 bits per heavy atom. The lowest BCUT2D eigenvalue weighted by Crippen LogP contribution is -2.24. The summed E-state index contributed by atoms with van der Waals surface area (Å²) in [5.41, 5.74) is 6.18. The summed E-state index contributed by atoms with van der Waals surface area (Å²) in [5.74, 6) is -1.51. The van der Waals surface area contributed by atoms with Crippen LogP contribution < -0.4 is 5.73 Å². The topological polar surface area (TPSA) is 69.1 Å². The maximum absolute atomic E-state index is 13.1. The van der Waals surface area contributed by atoms with Gasteiger partial charge in [0.25, 0.3) is 0 Å². The molecule has 2 aromatic heterocycles. The molecule has 0 aromatic carbocycles. The van der Waals surface area contributed by atoms with Gasteiger partial charge in [0, 0.05) is 31.2 Å². The molecular formula is C11H13F2N5. The molecule has 0 aliphatic heterocycles. The minimum Gasteiger partial charge on any atom is -0.381 e. The number of halogens is 2. The van der Waals surface area contributed by atoms with Gasteiger partial charge in [-0.3, -0.25) is 4.40 Å². The summed E-state index contributed by atoms with van der Waals surface area (Å²) in [4.78, 5) is 3.92. The first-order valence-corrected chi connectivity index (χ1v) is 5.90. The van der Waals surface area contributed by atoms with Crippen molar-refractivity contribution >= 4 is 11.5 Å². The Balaban J connectivity index is 1.94. The number of fused-ring (bicyclic) bond motifs is 1. The maximum Gasteiger partial charge on any atom is 0.248 e. The normalized spacial score (nSPS) is 20.3. The van der Waals surface area contributed by atoms with E-state index in [-0.39, 0.29) is 18.8 Å². The molecule has 0 spiro atoms. The zero-order valence-electron chi connectivity index (χ0n) is 9.68. The van der Waals surface area contributed by atoms with E-state index < -0.39 is 5.92 Å². The number of anilines is 1. The van der Waals surface area contributed by atoms with E-state index in [9.17, 15) is 8.78 Å². The zero-order chi connectivity index (χ0) is 12.8. The number of nitrogens with two attached hydrogens (primary N) is 1. The first kappa shape index (κ1) is 11.3. The summed E-state index contributed by atoms with van der Waals surface area (Å²) in [6, 6.07) is 0. The number of nitrogens with zero attached hydrogens (tertiary/aromatic N) is 4. The molecule has 2 heterocycles. The van der Waals surface area contributed by atoms with Crippen LogP contribution in [0.3, 0.4) is 0 Å². The highest BCUT2D eigenvalue weighted by Gasteiger charge is 2.36. The minimum atomic E-state index is -2.53. The molecule has 0 radical (unpaired) electrons. The van der Waals surface area contributed by atoms with Crippen molar-refractivity contribution in [3.05, 3.63) is 18.2 Å². The largest absolute Gasteiger partial charge is 0.381 e. The van der Waals surface area contributed by atoms with Gasteiger partial charge >= 0.3 is 0 Å². The van der Waals surface area contributed by atoms with E-state index in [0.717, 1.165) is 0 Å². The second-order valence-electron chi connectivity index (χ2n) is 4.69. The lowest BCUT2D eigenvalue weighted by atomic mass is 9.86. The second kappa shape index (κ2) is 3.86. The summed E-state index contributed by atoms with van der Waals surface area (Å²) >= 11 is 0.